The van der Waals surface area contributed by atoms with Gasteiger partial charge in [0.15, 0.2) is 5.60 Å². The molecule has 0 saturated heterocycles. The third-order valence-corrected chi connectivity index (χ3v) is 6.70. The van der Waals surface area contributed by atoms with E-state index in [4.69, 9.17) is 4.74 Å². The zero-order valence-corrected chi connectivity index (χ0v) is 22.6. The van der Waals surface area contributed by atoms with Gasteiger partial charge < -0.3 is 31.9 Å². The summed E-state index contributed by atoms with van der Waals surface area (Å²) >= 11 is 0. The molecule has 0 aromatic heterocycles. The standard InChI is InChI=1S/C25H37O7P.2H3N/c1-7-8-9-10-18-14-21(26)23(20-13-17(4)11-12-19(20)16(2)3)22(15-18)31-24(27)25(5,6)32-33(28,29)30;;/h13-15,19-20,26H,2,7-12H2,1,3-6H3,(H2,28,29,30);2*1H3/t19-,20+;;/m0../s1. The minimum Gasteiger partial charge on any atom is -0.507 e. The number of aryl methyl sites for hydroxylation is 1. The molecule has 9 nitrogen and oxygen atoms in total. The zero-order chi connectivity index (χ0) is 25.0. The van der Waals surface area contributed by atoms with Crippen molar-refractivity contribution in [1.82, 2.24) is 12.3 Å². The van der Waals surface area contributed by atoms with E-state index >= 15 is 0 Å². The first-order chi connectivity index (χ1) is 15.2. The number of hydrogen-bond donors (Lipinski definition) is 5. The SMILES string of the molecule is C=C(C)[C@@H]1CCC(C)=C[C@H]1c1c(O)cc(CCCCC)cc1OC(=O)C(C)(C)OP(=O)(O)O.N.N. The summed E-state index contributed by atoms with van der Waals surface area (Å²) in [7, 11) is -4.92. The second-order valence-corrected chi connectivity index (χ2v) is 10.7. The first kappa shape index (κ1) is 33.0. The molecule has 35 heavy (non-hydrogen) atoms. The molecular weight excluding hydrogens is 471 g/mol. The van der Waals surface area contributed by atoms with Gasteiger partial charge in [-0.25, -0.2) is 9.36 Å². The van der Waals surface area contributed by atoms with Gasteiger partial charge in [0.05, 0.1) is 0 Å². The topological polar surface area (TPSA) is 183 Å². The molecular formula is C25H43N2O7P. The summed E-state index contributed by atoms with van der Waals surface area (Å²) in [6, 6.07) is 3.45. The summed E-state index contributed by atoms with van der Waals surface area (Å²) in [6.07, 6.45) is 7.56. The molecule has 0 amide bonds. The number of phosphoric acid groups is 1. The molecule has 0 bridgehead atoms. The van der Waals surface area contributed by atoms with Gasteiger partial charge in [0.25, 0.3) is 0 Å². The second-order valence-electron chi connectivity index (χ2n) is 9.50. The molecule has 1 aliphatic rings. The Kier molecular flexibility index (Phi) is 12.6. The fraction of sp³-hybridized carbons (Fsp3) is 0.560. The van der Waals surface area contributed by atoms with Gasteiger partial charge in [0.1, 0.15) is 11.5 Å². The maximum Gasteiger partial charge on any atom is 0.470 e. The quantitative estimate of drug-likeness (QED) is 0.0790. The number of rotatable bonds is 10. The smallest absolute Gasteiger partial charge is 0.470 e. The lowest BCUT2D eigenvalue weighted by Crippen LogP contribution is -2.38. The van der Waals surface area contributed by atoms with Crippen molar-refractivity contribution in [3.05, 3.63) is 47.1 Å². The van der Waals surface area contributed by atoms with Gasteiger partial charge in [0, 0.05) is 11.5 Å². The number of phosphoric ester groups is 1. The Balaban J connectivity index is 0.00000578. The number of hydrogen-bond acceptors (Lipinski definition) is 7. The van der Waals surface area contributed by atoms with E-state index in [-0.39, 0.29) is 35.6 Å². The Labute approximate surface area is 209 Å². The number of ether oxygens (including phenoxy) is 1. The summed E-state index contributed by atoms with van der Waals surface area (Å²) in [5.41, 5.74) is 1.55. The number of carbonyl (C=O) groups excluding carboxylic acids is 1. The van der Waals surface area contributed by atoms with Crippen LogP contribution < -0.4 is 17.0 Å². The molecule has 0 fully saturated rings. The molecule has 1 aromatic carbocycles. The van der Waals surface area contributed by atoms with Crippen molar-refractivity contribution in [2.24, 2.45) is 5.92 Å². The fourth-order valence-electron chi connectivity index (χ4n) is 4.27. The van der Waals surface area contributed by atoms with Crippen LogP contribution in [0.3, 0.4) is 0 Å². The highest BCUT2D eigenvalue weighted by Crippen LogP contribution is 2.48. The lowest BCUT2D eigenvalue weighted by atomic mass is 9.73. The average Bonchev–Trinajstić information content (AvgIpc) is 2.65. The average molecular weight is 515 g/mol. The van der Waals surface area contributed by atoms with Crippen molar-refractivity contribution < 1.29 is 33.5 Å². The minimum absolute atomic E-state index is 0. The van der Waals surface area contributed by atoms with Crippen LogP contribution in [0.2, 0.25) is 0 Å². The van der Waals surface area contributed by atoms with Gasteiger partial charge in [-0.15, -0.1) is 0 Å². The van der Waals surface area contributed by atoms with Gasteiger partial charge in [-0.3, -0.25) is 4.52 Å². The van der Waals surface area contributed by atoms with Crippen LogP contribution in [0, 0.1) is 5.92 Å². The predicted octanol–water partition coefficient (Wildman–Crippen LogP) is 6.26. The van der Waals surface area contributed by atoms with Crippen molar-refractivity contribution in [3.8, 4) is 11.5 Å². The van der Waals surface area contributed by atoms with Crippen LogP contribution in [-0.4, -0.2) is 26.5 Å². The van der Waals surface area contributed by atoms with Crippen molar-refractivity contribution in [1.29, 1.82) is 0 Å². The maximum atomic E-state index is 12.9. The number of esters is 1. The van der Waals surface area contributed by atoms with Crippen LogP contribution in [0.5, 0.6) is 11.5 Å². The van der Waals surface area contributed by atoms with Crippen LogP contribution >= 0.6 is 7.82 Å². The van der Waals surface area contributed by atoms with Crippen molar-refractivity contribution in [2.45, 2.75) is 84.7 Å². The molecule has 0 unspecified atom stereocenters. The lowest BCUT2D eigenvalue weighted by molar-refractivity contribution is -0.150. The molecule has 9 N–H and O–H groups in total. The molecule has 0 spiro atoms. The highest BCUT2D eigenvalue weighted by molar-refractivity contribution is 7.46. The number of aromatic hydroxyl groups is 1. The number of unbranched alkanes of at least 4 members (excludes halogenated alkanes) is 2. The van der Waals surface area contributed by atoms with Crippen molar-refractivity contribution in [2.75, 3.05) is 0 Å². The largest absolute Gasteiger partial charge is 0.507 e. The molecule has 0 radical (unpaired) electrons. The summed E-state index contributed by atoms with van der Waals surface area (Å²) in [5, 5.41) is 11.1. The van der Waals surface area contributed by atoms with Crippen LogP contribution in [-0.2, 0) is 20.3 Å². The van der Waals surface area contributed by atoms with Gasteiger partial charge >= 0.3 is 13.8 Å². The highest BCUT2D eigenvalue weighted by Gasteiger charge is 2.39. The normalized spacial score (nSPS) is 18.1. The summed E-state index contributed by atoms with van der Waals surface area (Å²) < 4.78 is 21.7. The van der Waals surface area contributed by atoms with E-state index in [1.165, 1.54) is 19.4 Å². The second kappa shape index (κ2) is 13.3. The Morgan fingerprint density at radius 3 is 2.40 bits per heavy atom. The van der Waals surface area contributed by atoms with E-state index in [9.17, 15) is 24.3 Å². The lowest BCUT2D eigenvalue weighted by Gasteiger charge is -2.32. The molecule has 0 heterocycles. The van der Waals surface area contributed by atoms with Crippen LogP contribution in [0.1, 0.15) is 83.8 Å². The molecule has 0 saturated carbocycles. The third kappa shape index (κ3) is 9.18. The summed E-state index contributed by atoms with van der Waals surface area (Å²) in [4.78, 5) is 31.3. The first-order valence-electron chi connectivity index (χ1n) is 11.4. The Morgan fingerprint density at radius 2 is 1.86 bits per heavy atom. The van der Waals surface area contributed by atoms with E-state index < -0.39 is 19.4 Å². The zero-order valence-electron chi connectivity index (χ0n) is 21.7. The number of benzene rings is 1. The monoisotopic (exact) mass is 514 g/mol. The number of allylic oxidation sites excluding steroid dienone is 3. The van der Waals surface area contributed by atoms with Gasteiger partial charge in [-0.1, -0.05) is 43.6 Å². The number of phenols is 1. The van der Waals surface area contributed by atoms with Crippen LogP contribution in [0.25, 0.3) is 0 Å². The molecule has 1 aliphatic carbocycles. The van der Waals surface area contributed by atoms with E-state index in [0.717, 1.165) is 43.2 Å². The predicted molar refractivity (Wildman–Crippen MR) is 138 cm³/mol. The van der Waals surface area contributed by atoms with Crippen LogP contribution in [0.4, 0.5) is 0 Å². The highest BCUT2D eigenvalue weighted by atomic mass is 31.2. The maximum absolute atomic E-state index is 12.9. The van der Waals surface area contributed by atoms with E-state index in [0.29, 0.717) is 12.0 Å². The molecule has 200 valence electrons. The Hall–Kier alpha value is -2.00. The third-order valence-electron chi connectivity index (χ3n) is 6.00. The molecule has 2 atom stereocenters. The van der Waals surface area contributed by atoms with E-state index in [1.54, 1.807) is 12.1 Å². The van der Waals surface area contributed by atoms with Crippen LogP contribution in [0.15, 0.2) is 35.9 Å². The fourth-order valence-corrected chi connectivity index (χ4v) is 4.94. The van der Waals surface area contributed by atoms with Crippen molar-refractivity contribution >= 4 is 13.8 Å². The summed E-state index contributed by atoms with van der Waals surface area (Å²) in [6.45, 7) is 12.7. The number of carbonyl (C=O) groups is 1. The van der Waals surface area contributed by atoms with Gasteiger partial charge in [-0.05, 0) is 77.0 Å². The molecule has 1 aromatic rings. The molecule has 2 rings (SSSR count). The molecule has 10 heteroatoms. The number of phenolic OH excluding ortho intramolecular Hbond substituents is 1. The minimum atomic E-state index is -4.92. The van der Waals surface area contributed by atoms with Gasteiger partial charge in [-0.2, -0.15) is 0 Å². The summed E-state index contributed by atoms with van der Waals surface area (Å²) in [5.74, 6) is -0.934. The molecule has 0 aliphatic heterocycles. The van der Waals surface area contributed by atoms with Gasteiger partial charge in [0.2, 0.25) is 0 Å². The first-order valence-corrected chi connectivity index (χ1v) is 12.9. The Morgan fingerprint density at radius 1 is 1.23 bits per heavy atom. The van der Waals surface area contributed by atoms with E-state index in [2.05, 4.69) is 24.1 Å². The van der Waals surface area contributed by atoms with Crippen molar-refractivity contribution in [3.63, 3.8) is 0 Å². The Bertz CT molecular complexity index is 969. The van der Waals surface area contributed by atoms with E-state index in [1.807, 2.05) is 13.8 Å².